The highest BCUT2D eigenvalue weighted by Crippen LogP contribution is 2.33. The fraction of sp³-hybridized carbons (Fsp3) is 0.611. The number of carbonyl (C=O) groups excluding carboxylic acids is 1. The molecular formula is C18H28O2. The first kappa shape index (κ1) is 16.9. The fourth-order valence-corrected chi connectivity index (χ4v) is 2.90. The Bertz CT molecular complexity index is 384. The van der Waals surface area contributed by atoms with Crippen molar-refractivity contribution in [2.75, 3.05) is 0 Å². The minimum atomic E-state index is -0.289. The van der Waals surface area contributed by atoms with Crippen molar-refractivity contribution in [2.24, 2.45) is 5.92 Å². The highest BCUT2D eigenvalue weighted by atomic mass is 16.3. The van der Waals surface area contributed by atoms with E-state index in [0.29, 0.717) is 5.92 Å². The van der Waals surface area contributed by atoms with Crippen LogP contribution in [0.15, 0.2) is 30.3 Å². The normalized spacial score (nSPS) is 15.6. The first-order chi connectivity index (χ1) is 9.56. The summed E-state index contributed by atoms with van der Waals surface area (Å²) in [7, 11) is 0. The van der Waals surface area contributed by atoms with Crippen LogP contribution in [0.1, 0.15) is 64.4 Å². The van der Waals surface area contributed by atoms with Crippen molar-refractivity contribution in [3.63, 3.8) is 0 Å². The smallest absolute Gasteiger partial charge is 0.137 e. The second-order valence-electron chi connectivity index (χ2n) is 5.83. The van der Waals surface area contributed by atoms with Crippen LogP contribution in [-0.4, -0.2) is 17.0 Å². The Morgan fingerprint density at radius 2 is 1.80 bits per heavy atom. The van der Waals surface area contributed by atoms with Crippen LogP contribution in [-0.2, 0) is 4.79 Å². The molecule has 0 radical (unpaired) electrons. The van der Waals surface area contributed by atoms with Crippen LogP contribution in [0, 0.1) is 5.92 Å². The fourth-order valence-electron chi connectivity index (χ4n) is 2.90. The number of aliphatic hydroxyl groups is 1. The van der Waals surface area contributed by atoms with Gasteiger partial charge < -0.3 is 5.11 Å². The molecular weight excluding hydrogens is 248 g/mol. The Hall–Kier alpha value is -1.15. The molecule has 3 atom stereocenters. The zero-order valence-electron chi connectivity index (χ0n) is 13.0. The van der Waals surface area contributed by atoms with Crippen molar-refractivity contribution in [1.29, 1.82) is 0 Å². The third-order valence-corrected chi connectivity index (χ3v) is 3.95. The van der Waals surface area contributed by atoms with Gasteiger partial charge in [0.05, 0.1) is 6.10 Å². The summed E-state index contributed by atoms with van der Waals surface area (Å²) in [6.45, 7) is 5.69. The summed E-state index contributed by atoms with van der Waals surface area (Å²) >= 11 is 0. The van der Waals surface area contributed by atoms with E-state index >= 15 is 0 Å². The molecule has 0 bridgehead atoms. The topological polar surface area (TPSA) is 37.3 Å². The van der Waals surface area contributed by atoms with E-state index < -0.39 is 0 Å². The lowest BCUT2D eigenvalue weighted by Crippen LogP contribution is -2.21. The molecule has 0 saturated heterocycles. The summed E-state index contributed by atoms with van der Waals surface area (Å²) in [5.74, 6) is 0.550. The maximum atomic E-state index is 12.1. The summed E-state index contributed by atoms with van der Waals surface area (Å²) < 4.78 is 0. The Morgan fingerprint density at radius 1 is 1.15 bits per heavy atom. The number of ketones is 1. The van der Waals surface area contributed by atoms with E-state index in [1.807, 2.05) is 37.3 Å². The maximum absolute atomic E-state index is 12.1. The first-order valence-corrected chi connectivity index (χ1v) is 7.79. The second kappa shape index (κ2) is 8.91. The van der Waals surface area contributed by atoms with Gasteiger partial charge in [-0.25, -0.2) is 0 Å². The SMILES string of the molecule is CCCCC(CCC(C)O)C(C(C)=O)c1ccccc1. The van der Waals surface area contributed by atoms with Crippen molar-refractivity contribution in [1.82, 2.24) is 0 Å². The molecule has 0 aliphatic carbocycles. The summed E-state index contributed by atoms with van der Waals surface area (Å²) in [5.41, 5.74) is 1.12. The number of benzene rings is 1. The van der Waals surface area contributed by atoms with E-state index in [1.54, 1.807) is 6.92 Å². The summed E-state index contributed by atoms with van der Waals surface area (Å²) in [6.07, 6.45) is 4.73. The average Bonchev–Trinajstić information content (AvgIpc) is 2.42. The lowest BCUT2D eigenvalue weighted by molar-refractivity contribution is -0.119. The van der Waals surface area contributed by atoms with Gasteiger partial charge in [0.1, 0.15) is 5.78 Å². The van der Waals surface area contributed by atoms with Crippen molar-refractivity contribution < 1.29 is 9.90 Å². The molecule has 0 heterocycles. The van der Waals surface area contributed by atoms with Crippen molar-refractivity contribution in [3.8, 4) is 0 Å². The molecule has 0 spiro atoms. The molecule has 0 saturated carbocycles. The Morgan fingerprint density at radius 3 is 2.30 bits per heavy atom. The molecule has 1 rings (SSSR count). The monoisotopic (exact) mass is 276 g/mol. The van der Waals surface area contributed by atoms with Crippen molar-refractivity contribution in [3.05, 3.63) is 35.9 Å². The van der Waals surface area contributed by atoms with Gasteiger partial charge in [-0.05, 0) is 44.6 Å². The molecule has 1 aromatic rings. The third-order valence-electron chi connectivity index (χ3n) is 3.95. The van der Waals surface area contributed by atoms with E-state index in [1.165, 1.54) is 0 Å². The van der Waals surface area contributed by atoms with Crippen molar-refractivity contribution >= 4 is 5.78 Å². The lowest BCUT2D eigenvalue weighted by atomic mass is 9.78. The van der Waals surface area contributed by atoms with E-state index in [0.717, 1.165) is 37.7 Å². The van der Waals surface area contributed by atoms with Crippen LogP contribution in [0.25, 0.3) is 0 Å². The minimum Gasteiger partial charge on any atom is -0.393 e. The summed E-state index contributed by atoms with van der Waals surface area (Å²) in [4.78, 5) is 12.1. The van der Waals surface area contributed by atoms with Gasteiger partial charge >= 0.3 is 0 Å². The molecule has 2 nitrogen and oxygen atoms in total. The zero-order chi connectivity index (χ0) is 15.0. The third kappa shape index (κ3) is 5.46. The van der Waals surface area contributed by atoms with Crippen LogP contribution >= 0.6 is 0 Å². The number of Topliss-reactive ketones (excluding diaryl/α,β-unsaturated/α-hetero) is 1. The van der Waals surface area contributed by atoms with Crippen LogP contribution in [0.4, 0.5) is 0 Å². The average molecular weight is 276 g/mol. The predicted octanol–water partition coefficient (Wildman–Crippen LogP) is 4.33. The van der Waals surface area contributed by atoms with Gasteiger partial charge in [-0.2, -0.15) is 0 Å². The number of hydrogen-bond acceptors (Lipinski definition) is 2. The molecule has 0 aliphatic heterocycles. The molecule has 0 fully saturated rings. The van der Waals surface area contributed by atoms with Gasteiger partial charge in [0.2, 0.25) is 0 Å². The molecule has 0 aromatic heterocycles. The van der Waals surface area contributed by atoms with E-state index in [-0.39, 0.29) is 17.8 Å². The van der Waals surface area contributed by atoms with Crippen LogP contribution in [0.2, 0.25) is 0 Å². The van der Waals surface area contributed by atoms with E-state index in [4.69, 9.17) is 0 Å². The van der Waals surface area contributed by atoms with E-state index in [9.17, 15) is 9.90 Å². The number of carbonyl (C=O) groups is 1. The number of unbranched alkanes of at least 4 members (excludes halogenated alkanes) is 1. The van der Waals surface area contributed by atoms with Crippen molar-refractivity contribution in [2.45, 2.75) is 64.9 Å². The molecule has 1 aromatic carbocycles. The Kier molecular flexibility index (Phi) is 7.53. The number of hydrogen-bond donors (Lipinski definition) is 1. The second-order valence-corrected chi connectivity index (χ2v) is 5.83. The highest BCUT2D eigenvalue weighted by Gasteiger charge is 2.26. The first-order valence-electron chi connectivity index (χ1n) is 7.79. The molecule has 0 amide bonds. The molecule has 2 heteroatoms. The van der Waals surface area contributed by atoms with Gasteiger partial charge in [-0.3, -0.25) is 4.79 Å². The quantitative estimate of drug-likeness (QED) is 0.729. The Labute approximate surface area is 123 Å². The standard InChI is InChI=1S/C18H28O2/c1-4-5-9-17(13-12-14(2)19)18(15(3)20)16-10-7-6-8-11-16/h6-8,10-11,14,17-19H,4-5,9,12-13H2,1-3H3. The predicted molar refractivity (Wildman–Crippen MR) is 83.8 cm³/mol. The zero-order valence-corrected chi connectivity index (χ0v) is 13.0. The van der Waals surface area contributed by atoms with Crippen LogP contribution in [0.5, 0.6) is 0 Å². The summed E-state index contributed by atoms with van der Waals surface area (Å²) in [6, 6.07) is 10.1. The maximum Gasteiger partial charge on any atom is 0.137 e. The van der Waals surface area contributed by atoms with E-state index in [2.05, 4.69) is 6.92 Å². The van der Waals surface area contributed by atoms with Gasteiger partial charge in [0, 0.05) is 5.92 Å². The lowest BCUT2D eigenvalue weighted by Gasteiger charge is -2.26. The number of aliphatic hydroxyl groups excluding tert-OH is 1. The van der Waals surface area contributed by atoms with Gasteiger partial charge in [-0.1, -0.05) is 50.1 Å². The highest BCUT2D eigenvalue weighted by molar-refractivity contribution is 5.83. The number of rotatable bonds is 9. The van der Waals surface area contributed by atoms with Gasteiger partial charge in [-0.15, -0.1) is 0 Å². The molecule has 112 valence electrons. The molecule has 3 unspecified atom stereocenters. The Balaban J connectivity index is 2.89. The van der Waals surface area contributed by atoms with Crippen LogP contribution in [0.3, 0.4) is 0 Å². The molecule has 20 heavy (non-hydrogen) atoms. The van der Waals surface area contributed by atoms with Gasteiger partial charge in [0.15, 0.2) is 0 Å². The molecule has 1 N–H and O–H groups in total. The largest absolute Gasteiger partial charge is 0.393 e. The summed E-state index contributed by atoms with van der Waals surface area (Å²) in [5, 5.41) is 9.53. The minimum absolute atomic E-state index is 0.0264. The molecule has 0 aliphatic rings. The van der Waals surface area contributed by atoms with Crippen LogP contribution < -0.4 is 0 Å². The van der Waals surface area contributed by atoms with Gasteiger partial charge in [0.25, 0.3) is 0 Å².